The Morgan fingerprint density at radius 3 is 2.71 bits per heavy atom. The molecule has 0 atom stereocenters. The lowest BCUT2D eigenvalue weighted by Gasteiger charge is -2.04. The molecule has 2 N–H and O–H groups in total. The molecule has 0 unspecified atom stereocenters. The minimum atomic E-state index is -0.656. The van der Waals surface area contributed by atoms with Crippen molar-refractivity contribution >= 4 is 28.9 Å². The second-order valence-corrected chi connectivity index (χ2v) is 4.60. The quantitative estimate of drug-likeness (QED) is 0.555. The molecule has 0 aliphatic carbocycles. The molecule has 0 radical (unpaired) electrons. The number of methoxy groups -OCH3 is 1. The number of nitrogens with zero attached hydrogens (tertiary/aromatic N) is 3. The van der Waals surface area contributed by atoms with Crippen molar-refractivity contribution in [3.8, 4) is 11.5 Å². The van der Waals surface area contributed by atoms with Crippen molar-refractivity contribution in [2.45, 2.75) is 0 Å². The average Bonchev–Trinajstić information content (AvgIpc) is 2.96. The summed E-state index contributed by atoms with van der Waals surface area (Å²) in [4.78, 5) is 32.3. The molecule has 0 fully saturated rings. The molecule has 122 valence electrons. The maximum Gasteiger partial charge on any atom is 0.413 e. The number of fused-ring (bicyclic) bond motifs is 1. The summed E-state index contributed by atoms with van der Waals surface area (Å²) >= 11 is 0. The van der Waals surface area contributed by atoms with E-state index in [0.29, 0.717) is 22.7 Å². The number of carbonyl (C=O) groups excluding carboxylic acids is 1. The number of aromatic nitrogens is 3. The molecule has 0 spiro atoms. The van der Waals surface area contributed by atoms with Gasteiger partial charge in [0.2, 0.25) is 5.95 Å². The first-order valence-electron chi connectivity index (χ1n) is 6.68. The highest BCUT2D eigenvalue weighted by atomic mass is 16.6. The number of benzene rings is 1. The van der Waals surface area contributed by atoms with Gasteiger partial charge in [0, 0.05) is 18.2 Å². The first kappa shape index (κ1) is 15.2. The van der Waals surface area contributed by atoms with Gasteiger partial charge >= 0.3 is 6.09 Å². The molecule has 2 heterocycles. The molecule has 0 saturated carbocycles. The number of anilines is 1. The van der Waals surface area contributed by atoms with Gasteiger partial charge in [0.05, 0.1) is 23.7 Å². The molecule has 0 aliphatic rings. The Morgan fingerprint density at radius 1 is 1.29 bits per heavy atom. The molecule has 0 aliphatic heterocycles. The zero-order chi connectivity index (χ0) is 17.1. The van der Waals surface area contributed by atoms with Gasteiger partial charge in [0.1, 0.15) is 11.5 Å². The Hall–Kier alpha value is -3.69. The lowest BCUT2D eigenvalue weighted by atomic mass is 10.3. The van der Waals surface area contributed by atoms with Crippen LogP contribution in [0.3, 0.4) is 0 Å². The van der Waals surface area contributed by atoms with E-state index in [2.05, 4.69) is 25.0 Å². The topological polar surface area (TPSA) is 132 Å². The molecule has 1 amide bonds. The lowest BCUT2D eigenvalue weighted by molar-refractivity contribution is -0.384. The first-order chi connectivity index (χ1) is 11.5. The number of ether oxygens (including phenoxy) is 2. The number of non-ortho nitro benzene ring substituents is 1. The fourth-order valence-electron chi connectivity index (χ4n) is 1.92. The van der Waals surface area contributed by atoms with Gasteiger partial charge in [0.25, 0.3) is 5.69 Å². The van der Waals surface area contributed by atoms with Crippen LogP contribution in [-0.4, -0.2) is 33.1 Å². The van der Waals surface area contributed by atoms with E-state index < -0.39 is 11.0 Å². The summed E-state index contributed by atoms with van der Waals surface area (Å²) in [5.41, 5.74) is 0.904. The number of hydrogen-bond donors (Lipinski definition) is 2. The molecule has 0 bridgehead atoms. The van der Waals surface area contributed by atoms with Gasteiger partial charge in [0.15, 0.2) is 5.65 Å². The van der Waals surface area contributed by atoms with Crippen molar-refractivity contribution in [2.75, 3.05) is 12.4 Å². The second kappa shape index (κ2) is 6.20. The summed E-state index contributed by atoms with van der Waals surface area (Å²) in [6.45, 7) is 0. The van der Waals surface area contributed by atoms with E-state index in [0.717, 1.165) is 0 Å². The third-order valence-electron chi connectivity index (χ3n) is 3.00. The Labute approximate surface area is 134 Å². The Morgan fingerprint density at radius 2 is 2.04 bits per heavy atom. The molecule has 0 saturated heterocycles. The Kier molecular flexibility index (Phi) is 3.93. The van der Waals surface area contributed by atoms with Crippen LogP contribution in [0.1, 0.15) is 0 Å². The number of pyridine rings is 1. The molecule has 10 nitrogen and oxygen atoms in total. The maximum absolute atomic E-state index is 11.2. The van der Waals surface area contributed by atoms with Gasteiger partial charge in [-0.3, -0.25) is 15.4 Å². The van der Waals surface area contributed by atoms with Crippen LogP contribution >= 0.6 is 0 Å². The van der Waals surface area contributed by atoms with E-state index in [4.69, 9.17) is 4.74 Å². The number of hydrogen-bond acceptors (Lipinski definition) is 7. The highest BCUT2D eigenvalue weighted by molar-refractivity contribution is 5.85. The fraction of sp³-hybridized carbons (Fsp3) is 0.0714. The highest BCUT2D eigenvalue weighted by Gasteiger charge is 2.10. The van der Waals surface area contributed by atoms with Crippen LogP contribution < -0.4 is 10.1 Å². The molecule has 2 aromatic heterocycles. The van der Waals surface area contributed by atoms with Gasteiger partial charge in [-0.1, -0.05) is 0 Å². The van der Waals surface area contributed by atoms with E-state index >= 15 is 0 Å². The average molecular weight is 329 g/mol. The van der Waals surface area contributed by atoms with Crippen molar-refractivity contribution < 1.29 is 19.2 Å². The van der Waals surface area contributed by atoms with Crippen molar-refractivity contribution in [1.82, 2.24) is 15.0 Å². The van der Waals surface area contributed by atoms with Gasteiger partial charge in [-0.05, 0) is 12.1 Å². The standard InChI is InChI=1S/C14H11N5O5/c1-23-14(20)18-13-16-11-6-10(7-15-12(11)17-13)24-9-4-2-8(3-5-9)19(21)22/h2-7H,1H3,(H2,15,16,17,18,20). The summed E-state index contributed by atoms with van der Waals surface area (Å²) in [6, 6.07) is 7.30. The normalized spacial score (nSPS) is 10.4. The Bertz CT molecular complexity index is 906. The Balaban J connectivity index is 1.79. The van der Waals surface area contributed by atoms with E-state index in [-0.39, 0.29) is 11.6 Å². The first-order valence-corrected chi connectivity index (χ1v) is 6.68. The second-order valence-electron chi connectivity index (χ2n) is 4.60. The van der Waals surface area contributed by atoms with Crippen LogP contribution in [0.15, 0.2) is 36.5 Å². The van der Waals surface area contributed by atoms with Gasteiger partial charge in [-0.2, -0.15) is 4.98 Å². The summed E-state index contributed by atoms with van der Waals surface area (Å²) < 4.78 is 10.1. The fourth-order valence-corrected chi connectivity index (χ4v) is 1.92. The molecule has 10 heteroatoms. The number of amides is 1. The van der Waals surface area contributed by atoms with Crippen molar-refractivity contribution in [1.29, 1.82) is 0 Å². The van der Waals surface area contributed by atoms with Crippen molar-refractivity contribution in [2.24, 2.45) is 0 Å². The van der Waals surface area contributed by atoms with Crippen LogP contribution in [-0.2, 0) is 4.74 Å². The number of carbonyl (C=O) groups is 1. The van der Waals surface area contributed by atoms with Crippen molar-refractivity contribution in [3.63, 3.8) is 0 Å². The SMILES string of the molecule is COC(=O)Nc1nc2ncc(Oc3ccc([N+](=O)[O-])cc3)cc2[nH]1. The number of aromatic amines is 1. The van der Waals surface area contributed by atoms with Gasteiger partial charge in [-0.15, -0.1) is 0 Å². The van der Waals surface area contributed by atoms with Gasteiger partial charge in [-0.25, -0.2) is 9.78 Å². The largest absolute Gasteiger partial charge is 0.456 e. The number of nitro benzene ring substituents is 1. The molecular weight excluding hydrogens is 318 g/mol. The number of H-pyrrole nitrogens is 1. The van der Waals surface area contributed by atoms with E-state index in [1.165, 1.54) is 37.6 Å². The summed E-state index contributed by atoms with van der Waals surface area (Å²) in [5.74, 6) is 1.02. The van der Waals surface area contributed by atoms with Crippen LogP contribution in [0.2, 0.25) is 0 Å². The minimum absolute atomic E-state index is 0.0250. The summed E-state index contributed by atoms with van der Waals surface area (Å²) in [6.07, 6.45) is 0.795. The number of rotatable bonds is 4. The molecular formula is C14H11N5O5. The smallest absolute Gasteiger partial charge is 0.413 e. The number of nitro groups is 1. The number of imidazole rings is 1. The van der Waals surface area contributed by atoms with Crippen LogP contribution in [0.4, 0.5) is 16.4 Å². The monoisotopic (exact) mass is 329 g/mol. The molecule has 24 heavy (non-hydrogen) atoms. The van der Waals surface area contributed by atoms with Crippen LogP contribution in [0, 0.1) is 10.1 Å². The van der Waals surface area contributed by atoms with Crippen molar-refractivity contribution in [3.05, 3.63) is 46.6 Å². The predicted molar refractivity (Wildman–Crippen MR) is 83.1 cm³/mol. The van der Waals surface area contributed by atoms with E-state index in [9.17, 15) is 14.9 Å². The zero-order valence-corrected chi connectivity index (χ0v) is 12.3. The third-order valence-corrected chi connectivity index (χ3v) is 3.00. The third kappa shape index (κ3) is 3.21. The van der Waals surface area contributed by atoms with Crippen LogP contribution in [0.25, 0.3) is 11.2 Å². The van der Waals surface area contributed by atoms with Gasteiger partial charge < -0.3 is 14.5 Å². The van der Waals surface area contributed by atoms with E-state index in [1.54, 1.807) is 6.07 Å². The zero-order valence-electron chi connectivity index (χ0n) is 12.3. The van der Waals surface area contributed by atoms with E-state index in [1.807, 2.05) is 0 Å². The minimum Gasteiger partial charge on any atom is -0.456 e. The summed E-state index contributed by atoms with van der Waals surface area (Å²) in [5, 5.41) is 13.0. The number of nitrogens with one attached hydrogen (secondary N) is 2. The lowest BCUT2D eigenvalue weighted by Crippen LogP contribution is -2.11. The molecule has 3 rings (SSSR count). The molecule has 3 aromatic rings. The predicted octanol–water partition coefficient (Wildman–Crippen LogP) is 2.84. The molecule has 1 aromatic carbocycles. The van der Waals surface area contributed by atoms with Crippen LogP contribution in [0.5, 0.6) is 11.5 Å². The highest BCUT2D eigenvalue weighted by Crippen LogP contribution is 2.25. The summed E-state index contributed by atoms with van der Waals surface area (Å²) in [7, 11) is 1.24. The maximum atomic E-state index is 11.2.